The molecule has 2 aromatic rings. The first-order valence-corrected chi connectivity index (χ1v) is 11.9. The molecule has 0 bridgehead atoms. The van der Waals surface area contributed by atoms with Crippen LogP contribution in [0.2, 0.25) is 0 Å². The molecule has 1 aromatic heterocycles. The van der Waals surface area contributed by atoms with Crippen molar-refractivity contribution in [2.45, 2.75) is 44.9 Å². The SMILES string of the molecule is CC1=C(C=O)C(c2ccc(C(F)(F)F)c(F)c2)n2nc(CN3CCC4(CCN(C)CC4)C3)cc2N1. The number of fused-ring (bicyclic) bond motifs is 1. The van der Waals surface area contributed by atoms with Gasteiger partial charge in [0.05, 0.1) is 11.3 Å². The molecule has 2 saturated heterocycles. The predicted octanol–water partition coefficient (Wildman–Crippen LogP) is 4.45. The average molecular weight is 492 g/mol. The lowest BCUT2D eigenvalue weighted by molar-refractivity contribution is -0.140. The molecule has 0 aliphatic carbocycles. The zero-order valence-corrected chi connectivity index (χ0v) is 19.8. The van der Waals surface area contributed by atoms with E-state index in [9.17, 15) is 22.4 Å². The van der Waals surface area contributed by atoms with Crippen LogP contribution in [-0.2, 0) is 17.5 Å². The van der Waals surface area contributed by atoms with E-state index in [1.807, 2.05) is 6.07 Å². The third kappa shape index (κ3) is 4.49. The fourth-order valence-corrected chi connectivity index (χ4v) is 5.71. The minimum atomic E-state index is -4.79. The maximum absolute atomic E-state index is 14.4. The lowest BCUT2D eigenvalue weighted by Crippen LogP contribution is -2.39. The van der Waals surface area contributed by atoms with Crippen LogP contribution in [0.25, 0.3) is 0 Å². The van der Waals surface area contributed by atoms with Crippen LogP contribution >= 0.6 is 0 Å². The van der Waals surface area contributed by atoms with Gasteiger partial charge in [0.2, 0.25) is 0 Å². The van der Waals surface area contributed by atoms with Gasteiger partial charge in [-0.05, 0) is 76.0 Å². The van der Waals surface area contributed by atoms with E-state index in [2.05, 4.69) is 22.2 Å². The van der Waals surface area contributed by atoms with Gasteiger partial charge in [-0.3, -0.25) is 9.69 Å². The zero-order chi connectivity index (χ0) is 25.0. The number of hydrogen-bond acceptors (Lipinski definition) is 5. The molecule has 2 fully saturated rings. The van der Waals surface area contributed by atoms with Crippen molar-refractivity contribution in [1.29, 1.82) is 0 Å². The zero-order valence-electron chi connectivity index (χ0n) is 19.8. The van der Waals surface area contributed by atoms with E-state index in [0.29, 0.717) is 35.3 Å². The van der Waals surface area contributed by atoms with E-state index in [0.717, 1.165) is 50.4 Å². The van der Waals surface area contributed by atoms with E-state index in [4.69, 9.17) is 5.10 Å². The Morgan fingerprint density at radius 3 is 2.54 bits per heavy atom. The Morgan fingerprint density at radius 2 is 1.89 bits per heavy atom. The summed E-state index contributed by atoms with van der Waals surface area (Å²) >= 11 is 0. The molecule has 0 saturated carbocycles. The van der Waals surface area contributed by atoms with Gasteiger partial charge in [0.25, 0.3) is 0 Å². The van der Waals surface area contributed by atoms with Gasteiger partial charge in [0.15, 0.2) is 0 Å². The Hall–Kier alpha value is -2.72. The maximum Gasteiger partial charge on any atom is 0.419 e. The lowest BCUT2D eigenvalue weighted by Gasteiger charge is -2.37. The smallest absolute Gasteiger partial charge is 0.344 e. The maximum atomic E-state index is 14.4. The number of rotatable bonds is 4. The first-order valence-electron chi connectivity index (χ1n) is 11.9. The number of nitrogens with one attached hydrogen (secondary N) is 1. The second-order valence-electron chi connectivity index (χ2n) is 10.2. The summed E-state index contributed by atoms with van der Waals surface area (Å²) in [5, 5.41) is 7.89. The summed E-state index contributed by atoms with van der Waals surface area (Å²) < 4.78 is 55.2. The molecule has 188 valence electrons. The monoisotopic (exact) mass is 491 g/mol. The van der Waals surface area contributed by atoms with Crippen molar-refractivity contribution in [1.82, 2.24) is 19.6 Å². The van der Waals surface area contributed by atoms with Crippen LogP contribution < -0.4 is 5.32 Å². The first kappa shape index (κ1) is 24.0. The number of alkyl halides is 3. The standard InChI is InChI=1S/C25H29F4N5O/c1-16-19(14-35)23(17-3-4-20(21(26)11-17)25(27,28)29)34-22(30-16)12-18(31-34)13-33-10-7-24(15-33)5-8-32(2)9-6-24/h3-4,11-12,14,23,30H,5-10,13,15H2,1-2H3. The number of likely N-dealkylation sites (tertiary alicyclic amines) is 2. The molecule has 0 amide bonds. The highest BCUT2D eigenvalue weighted by atomic mass is 19.4. The Labute approximate surface area is 201 Å². The second-order valence-corrected chi connectivity index (χ2v) is 10.2. The Kier molecular flexibility index (Phi) is 5.99. The number of nitrogens with zero attached hydrogens (tertiary/aromatic N) is 4. The number of hydrogen-bond donors (Lipinski definition) is 1. The highest BCUT2D eigenvalue weighted by Crippen LogP contribution is 2.41. The van der Waals surface area contributed by atoms with E-state index < -0.39 is 23.6 Å². The molecule has 3 aliphatic heterocycles. The van der Waals surface area contributed by atoms with Crippen LogP contribution in [-0.4, -0.2) is 59.1 Å². The van der Waals surface area contributed by atoms with Gasteiger partial charge >= 0.3 is 6.18 Å². The van der Waals surface area contributed by atoms with Crippen LogP contribution in [0.1, 0.15) is 49.0 Å². The third-order valence-electron chi connectivity index (χ3n) is 7.77. The Bertz CT molecular complexity index is 1160. The fraction of sp³-hybridized carbons (Fsp3) is 0.520. The minimum Gasteiger partial charge on any atom is -0.344 e. The van der Waals surface area contributed by atoms with Gasteiger partial charge in [-0.2, -0.15) is 18.3 Å². The number of aldehydes is 1. The van der Waals surface area contributed by atoms with Gasteiger partial charge in [-0.1, -0.05) is 6.07 Å². The molecule has 1 aromatic carbocycles. The van der Waals surface area contributed by atoms with E-state index >= 15 is 0 Å². The number of allylic oxidation sites excluding steroid dienone is 2. The molecule has 0 radical (unpaired) electrons. The number of carbonyl (C=O) groups is 1. The molecule has 3 aliphatic rings. The predicted molar refractivity (Wildman–Crippen MR) is 123 cm³/mol. The molecule has 1 unspecified atom stereocenters. The number of halogens is 4. The van der Waals surface area contributed by atoms with Crippen molar-refractivity contribution in [3.05, 3.63) is 58.2 Å². The molecule has 6 nitrogen and oxygen atoms in total. The van der Waals surface area contributed by atoms with Crippen molar-refractivity contribution >= 4 is 12.1 Å². The summed E-state index contributed by atoms with van der Waals surface area (Å²) in [6, 6.07) is 3.88. The molecule has 1 atom stereocenters. The average Bonchev–Trinajstić information content (AvgIpc) is 3.37. The van der Waals surface area contributed by atoms with E-state index in [1.165, 1.54) is 18.9 Å². The highest BCUT2D eigenvalue weighted by molar-refractivity contribution is 5.80. The molecule has 1 N–H and O–H groups in total. The third-order valence-corrected chi connectivity index (χ3v) is 7.77. The van der Waals surface area contributed by atoms with Crippen LogP contribution in [0.15, 0.2) is 35.5 Å². The topological polar surface area (TPSA) is 53.4 Å². The van der Waals surface area contributed by atoms with Crippen LogP contribution in [0, 0.1) is 11.2 Å². The first-order chi connectivity index (χ1) is 16.6. The molecule has 1 spiro atoms. The molecular formula is C25H29F4N5O. The van der Waals surface area contributed by atoms with Gasteiger partial charge in [0, 0.05) is 30.4 Å². The molecule has 4 heterocycles. The summed E-state index contributed by atoms with van der Waals surface area (Å²) in [6.45, 7) is 6.59. The quantitative estimate of drug-likeness (QED) is 0.506. The number of carbonyl (C=O) groups excluding carboxylic acids is 1. The van der Waals surface area contributed by atoms with Crippen LogP contribution in [0.5, 0.6) is 0 Å². The Morgan fingerprint density at radius 1 is 1.17 bits per heavy atom. The van der Waals surface area contributed by atoms with Crippen molar-refractivity contribution < 1.29 is 22.4 Å². The fourth-order valence-electron chi connectivity index (χ4n) is 5.71. The van der Waals surface area contributed by atoms with E-state index in [1.54, 1.807) is 11.6 Å². The number of piperidine rings is 1. The summed E-state index contributed by atoms with van der Waals surface area (Å²) in [4.78, 5) is 16.7. The van der Waals surface area contributed by atoms with Crippen LogP contribution in [0.4, 0.5) is 23.4 Å². The molecule has 35 heavy (non-hydrogen) atoms. The minimum absolute atomic E-state index is 0.237. The van der Waals surface area contributed by atoms with Crippen molar-refractivity contribution in [3.63, 3.8) is 0 Å². The summed E-state index contributed by atoms with van der Waals surface area (Å²) in [5.41, 5.74) is 0.929. The number of benzene rings is 1. The Balaban J connectivity index is 1.41. The molecule has 5 rings (SSSR count). The van der Waals surface area contributed by atoms with Gasteiger partial charge < -0.3 is 10.2 Å². The van der Waals surface area contributed by atoms with Crippen LogP contribution in [0.3, 0.4) is 0 Å². The summed E-state index contributed by atoms with van der Waals surface area (Å²) in [6.07, 6.45) is -0.600. The number of aromatic nitrogens is 2. The highest BCUT2D eigenvalue weighted by Gasteiger charge is 2.40. The van der Waals surface area contributed by atoms with Crippen molar-refractivity contribution in [3.8, 4) is 0 Å². The second kappa shape index (κ2) is 8.74. The van der Waals surface area contributed by atoms with Gasteiger partial charge in [-0.25, -0.2) is 9.07 Å². The summed E-state index contributed by atoms with van der Waals surface area (Å²) in [7, 11) is 2.16. The van der Waals surface area contributed by atoms with E-state index in [-0.39, 0.29) is 5.56 Å². The van der Waals surface area contributed by atoms with Gasteiger partial charge in [0.1, 0.15) is 24.0 Å². The summed E-state index contributed by atoms with van der Waals surface area (Å²) in [5.74, 6) is -0.743. The largest absolute Gasteiger partial charge is 0.419 e. The van der Waals surface area contributed by atoms with Gasteiger partial charge in [-0.15, -0.1) is 0 Å². The lowest BCUT2D eigenvalue weighted by atomic mass is 9.78. The number of anilines is 1. The van der Waals surface area contributed by atoms with Crippen molar-refractivity contribution in [2.75, 3.05) is 38.5 Å². The normalized spacial score (nSPS) is 23.0. The van der Waals surface area contributed by atoms with Crippen molar-refractivity contribution in [2.24, 2.45) is 5.41 Å². The molecular weight excluding hydrogens is 462 g/mol. The molecule has 10 heteroatoms.